The maximum Gasteiger partial charge on any atom is 0.398 e. The van der Waals surface area contributed by atoms with Gasteiger partial charge in [-0.25, -0.2) is 12.6 Å². The molecule has 0 fully saturated rings. The fraction of sp³-hybridized carbons (Fsp3) is 1.00. The number of nitrogens with two attached hydrogens (primary N) is 1. The summed E-state index contributed by atoms with van der Waals surface area (Å²) in [5.41, 5.74) is 4.82. The van der Waals surface area contributed by atoms with Gasteiger partial charge < -0.3 is 10.8 Å². The molecule has 0 aliphatic heterocycles. The van der Waals surface area contributed by atoms with Gasteiger partial charge in [0.1, 0.15) is 16.9 Å². The topological polar surface area (TPSA) is 144 Å². The minimum absolute atomic E-state index is 0.250. The van der Waals surface area contributed by atoms with Crippen LogP contribution in [0.2, 0.25) is 0 Å². The summed E-state index contributed by atoms with van der Waals surface area (Å²) in [6.07, 6.45) is -1.55. The van der Waals surface area contributed by atoms with Crippen molar-refractivity contribution in [1.82, 2.24) is 0 Å². The van der Waals surface area contributed by atoms with Crippen LogP contribution in [-0.4, -0.2) is 45.1 Å². The monoisotopic (exact) mass is 251 g/mol. The van der Waals surface area contributed by atoms with E-state index >= 15 is 0 Å². The minimum Gasteiger partial charge on any atom is -0.397 e. The van der Waals surface area contributed by atoms with E-state index < -0.39 is 33.1 Å². The van der Waals surface area contributed by atoms with Crippen LogP contribution in [-0.2, 0) is 25.3 Å². The van der Waals surface area contributed by atoms with E-state index in [1.165, 1.54) is 0 Å². The lowest BCUT2D eigenvalue weighted by Crippen LogP contribution is -2.31. The van der Waals surface area contributed by atoms with Gasteiger partial charge in [0.15, 0.2) is 0 Å². The molecule has 0 aliphatic carbocycles. The van der Waals surface area contributed by atoms with Crippen molar-refractivity contribution in [3.8, 4) is 0 Å². The predicted octanol–water partition coefficient (Wildman–Crippen LogP) is -2.30. The lowest BCUT2D eigenvalue weighted by atomic mass is 10.7. The van der Waals surface area contributed by atoms with Gasteiger partial charge in [0.05, 0.1) is 5.75 Å². The van der Waals surface area contributed by atoms with Crippen LogP contribution in [0.25, 0.3) is 0 Å². The third-order valence-electron chi connectivity index (χ3n) is 0.574. The predicted molar refractivity (Wildman–Crippen MR) is 48.6 cm³/mol. The van der Waals surface area contributed by atoms with E-state index in [2.05, 4.69) is 4.18 Å². The van der Waals surface area contributed by atoms with E-state index in [1.54, 1.807) is 6.92 Å². The molecule has 4 N–H and O–H groups in total. The summed E-state index contributed by atoms with van der Waals surface area (Å²) in [7, 11) is -7.48. The standard InChI is InChI=1S/C2H7NO6S2.C2H6O/c3-2(1-10(4)5)9-11(6,7)8;1-2-3/h2,10H,1,3H2,(H,6,7,8);3H,2H2,1H3. The van der Waals surface area contributed by atoms with Crippen molar-refractivity contribution >= 4 is 21.1 Å². The zero-order valence-electron chi connectivity index (χ0n) is 7.36. The van der Waals surface area contributed by atoms with Crippen LogP contribution in [0.3, 0.4) is 0 Å². The molecule has 0 aliphatic rings. The largest absolute Gasteiger partial charge is 0.398 e. The molecular weight excluding hydrogens is 238 g/mol. The Bertz CT molecular complexity index is 287. The van der Waals surface area contributed by atoms with E-state index in [-0.39, 0.29) is 6.61 Å². The normalized spacial score (nSPS) is 13.2. The molecule has 0 aromatic carbocycles. The molecule has 0 radical (unpaired) electrons. The zero-order valence-corrected chi connectivity index (χ0v) is 9.07. The van der Waals surface area contributed by atoms with Gasteiger partial charge in [-0.2, -0.15) is 8.42 Å². The van der Waals surface area contributed by atoms with Crippen molar-refractivity contribution in [2.45, 2.75) is 13.2 Å². The molecule has 0 aromatic rings. The van der Waals surface area contributed by atoms with Crippen molar-refractivity contribution in [3.05, 3.63) is 0 Å². The van der Waals surface area contributed by atoms with Gasteiger partial charge in [0.2, 0.25) is 0 Å². The van der Waals surface area contributed by atoms with Gasteiger partial charge >= 0.3 is 10.4 Å². The molecule has 1 unspecified atom stereocenters. The number of rotatable bonds is 4. The molecule has 0 rings (SSSR count). The van der Waals surface area contributed by atoms with E-state index in [0.29, 0.717) is 0 Å². The number of thiol groups is 1. The summed E-state index contributed by atoms with van der Waals surface area (Å²) in [6, 6.07) is 0. The quantitative estimate of drug-likeness (QED) is 0.248. The highest BCUT2D eigenvalue weighted by Crippen LogP contribution is 1.90. The second kappa shape index (κ2) is 8.08. The summed E-state index contributed by atoms with van der Waals surface area (Å²) >= 11 is 0. The smallest absolute Gasteiger partial charge is 0.397 e. The molecule has 0 saturated carbocycles. The maximum atomic E-state index is 9.90. The maximum absolute atomic E-state index is 9.90. The first kappa shape index (κ1) is 16.2. The van der Waals surface area contributed by atoms with E-state index in [1.807, 2.05) is 0 Å². The Labute approximate surface area is 83.6 Å². The van der Waals surface area contributed by atoms with Crippen LogP contribution in [0.5, 0.6) is 0 Å². The van der Waals surface area contributed by atoms with Crippen molar-refractivity contribution < 1.29 is 30.7 Å². The number of hydrogen-bond donors (Lipinski definition) is 4. The lowest BCUT2D eigenvalue weighted by Gasteiger charge is -2.04. The summed E-state index contributed by atoms with van der Waals surface area (Å²) < 4.78 is 51.2. The Kier molecular flexibility index (Phi) is 9.34. The van der Waals surface area contributed by atoms with Crippen molar-refractivity contribution in [2.24, 2.45) is 5.73 Å². The number of aliphatic hydroxyl groups excluding tert-OH is 1. The summed E-state index contributed by atoms with van der Waals surface area (Å²) in [5.74, 6) is -0.658. The van der Waals surface area contributed by atoms with Crippen LogP contribution in [0.15, 0.2) is 0 Å². The Morgan fingerprint density at radius 2 is 1.86 bits per heavy atom. The first-order valence-electron chi connectivity index (χ1n) is 3.36. The molecule has 14 heavy (non-hydrogen) atoms. The van der Waals surface area contributed by atoms with E-state index in [0.717, 1.165) is 0 Å². The third kappa shape index (κ3) is 17.7. The van der Waals surface area contributed by atoms with Crippen LogP contribution in [0.1, 0.15) is 6.92 Å². The Morgan fingerprint density at radius 3 is 2.07 bits per heavy atom. The molecular formula is C4H13NO7S2. The molecule has 88 valence electrons. The molecule has 0 spiro atoms. The fourth-order valence-corrected chi connectivity index (χ4v) is 1.18. The van der Waals surface area contributed by atoms with Gasteiger partial charge in [0.25, 0.3) is 0 Å². The molecule has 0 bridgehead atoms. The first-order valence-corrected chi connectivity index (χ1v) is 6.09. The third-order valence-corrected chi connectivity index (χ3v) is 1.72. The highest BCUT2D eigenvalue weighted by atomic mass is 32.3. The van der Waals surface area contributed by atoms with Crippen LogP contribution in [0, 0.1) is 0 Å². The average Bonchev–Trinajstić information content (AvgIpc) is 1.80. The SMILES string of the molecule is CCO.NC(C[SH](=O)=O)OS(=O)(=O)O. The van der Waals surface area contributed by atoms with Gasteiger partial charge in [-0.1, -0.05) is 0 Å². The van der Waals surface area contributed by atoms with Crippen LogP contribution >= 0.6 is 0 Å². The molecule has 1 atom stereocenters. The summed E-state index contributed by atoms with van der Waals surface area (Å²) in [6.45, 7) is 1.93. The Balaban J connectivity index is 0. The van der Waals surface area contributed by atoms with Gasteiger partial charge in [-0.3, -0.25) is 4.55 Å². The zero-order chi connectivity index (χ0) is 11.8. The summed E-state index contributed by atoms with van der Waals surface area (Å²) in [4.78, 5) is 0. The molecule has 10 heteroatoms. The molecule has 0 aromatic heterocycles. The van der Waals surface area contributed by atoms with E-state index in [9.17, 15) is 16.8 Å². The highest BCUT2D eigenvalue weighted by Gasteiger charge is 2.12. The molecule has 0 heterocycles. The van der Waals surface area contributed by atoms with Gasteiger partial charge in [-0.05, 0) is 6.92 Å². The minimum atomic E-state index is -4.66. The summed E-state index contributed by atoms with van der Waals surface area (Å²) in [5, 5.41) is 7.57. The second-order valence-corrected chi connectivity index (χ2v) is 3.97. The fourth-order valence-electron chi connectivity index (χ4n) is 0.334. The van der Waals surface area contributed by atoms with Crippen LogP contribution in [0.4, 0.5) is 0 Å². The highest BCUT2D eigenvalue weighted by molar-refractivity contribution is 7.81. The molecule has 0 amide bonds. The average molecular weight is 251 g/mol. The Morgan fingerprint density at radius 1 is 1.50 bits per heavy atom. The van der Waals surface area contributed by atoms with Crippen molar-refractivity contribution in [2.75, 3.05) is 12.4 Å². The Hall–Kier alpha value is -0.260. The van der Waals surface area contributed by atoms with Gasteiger partial charge in [-0.15, -0.1) is 0 Å². The second-order valence-electron chi connectivity index (χ2n) is 1.89. The molecule has 0 saturated heterocycles. The van der Waals surface area contributed by atoms with Crippen molar-refractivity contribution in [1.29, 1.82) is 0 Å². The van der Waals surface area contributed by atoms with Crippen LogP contribution < -0.4 is 5.73 Å². The first-order chi connectivity index (χ1) is 6.22. The number of aliphatic hydroxyl groups is 1. The van der Waals surface area contributed by atoms with Gasteiger partial charge in [0, 0.05) is 6.61 Å². The molecule has 8 nitrogen and oxygen atoms in total. The number of hydrogen-bond acceptors (Lipinski definition) is 7. The van der Waals surface area contributed by atoms with Crippen molar-refractivity contribution in [3.63, 3.8) is 0 Å². The van der Waals surface area contributed by atoms with E-state index in [4.69, 9.17) is 15.4 Å². The lowest BCUT2D eigenvalue weighted by molar-refractivity contribution is 0.206.